The van der Waals surface area contributed by atoms with Gasteiger partial charge in [-0.2, -0.15) is 0 Å². The number of pyridine rings is 1. The SMILES string of the molecule is CC(=O)c1cccc(CBr)n1. The van der Waals surface area contributed by atoms with Crippen LogP contribution in [0.4, 0.5) is 0 Å². The van der Waals surface area contributed by atoms with Gasteiger partial charge < -0.3 is 0 Å². The maximum absolute atomic E-state index is 10.8. The third-order valence-corrected chi connectivity index (χ3v) is 1.88. The molecule has 0 bridgehead atoms. The smallest absolute Gasteiger partial charge is 0.178 e. The molecule has 0 atom stereocenters. The van der Waals surface area contributed by atoms with Crippen LogP contribution < -0.4 is 0 Å². The van der Waals surface area contributed by atoms with Crippen LogP contribution in [0, 0.1) is 0 Å². The fourth-order valence-corrected chi connectivity index (χ4v) is 1.06. The molecular formula is C8H8BrNO. The Hall–Kier alpha value is -0.700. The molecule has 0 aliphatic heterocycles. The molecule has 1 heterocycles. The van der Waals surface area contributed by atoms with Crippen LogP contribution in [0.25, 0.3) is 0 Å². The molecule has 2 nitrogen and oxygen atoms in total. The first kappa shape index (κ1) is 8.40. The van der Waals surface area contributed by atoms with Crippen LogP contribution in [-0.4, -0.2) is 10.8 Å². The predicted octanol–water partition coefficient (Wildman–Crippen LogP) is 2.18. The van der Waals surface area contributed by atoms with Crippen molar-refractivity contribution in [3.05, 3.63) is 29.6 Å². The molecule has 0 aliphatic carbocycles. The lowest BCUT2D eigenvalue weighted by atomic mass is 10.2. The first-order valence-corrected chi connectivity index (χ1v) is 4.39. The zero-order valence-electron chi connectivity index (χ0n) is 6.17. The summed E-state index contributed by atoms with van der Waals surface area (Å²) in [6, 6.07) is 5.43. The zero-order chi connectivity index (χ0) is 8.27. The van der Waals surface area contributed by atoms with Gasteiger partial charge in [0.25, 0.3) is 0 Å². The van der Waals surface area contributed by atoms with E-state index in [1.165, 1.54) is 6.92 Å². The van der Waals surface area contributed by atoms with Crippen molar-refractivity contribution in [1.29, 1.82) is 0 Å². The van der Waals surface area contributed by atoms with E-state index < -0.39 is 0 Å². The third-order valence-electron chi connectivity index (χ3n) is 1.30. The summed E-state index contributed by atoms with van der Waals surface area (Å²) in [5.41, 5.74) is 1.42. The number of ketones is 1. The molecule has 1 aromatic rings. The van der Waals surface area contributed by atoms with E-state index in [4.69, 9.17) is 0 Å². The highest BCUT2D eigenvalue weighted by molar-refractivity contribution is 9.08. The predicted molar refractivity (Wildman–Crippen MR) is 46.9 cm³/mol. The van der Waals surface area contributed by atoms with Crippen LogP contribution in [-0.2, 0) is 5.33 Å². The summed E-state index contributed by atoms with van der Waals surface area (Å²) in [4.78, 5) is 14.9. The van der Waals surface area contributed by atoms with E-state index in [1.807, 2.05) is 12.1 Å². The molecule has 0 unspecified atom stereocenters. The number of nitrogens with zero attached hydrogens (tertiary/aromatic N) is 1. The lowest BCUT2D eigenvalue weighted by molar-refractivity contribution is 0.101. The number of halogens is 1. The average molecular weight is 214 g/mol. The Labute approximate surface area is 73.8 Å². The molecule has 0 aliphatic rings. The second-order valence-corrected chi connectivity index (χ2v) is 2.76. The van der Waals surface area contributed by atoms with E-state index in [9.17, 15) is 4.79 Å². The summed E-state index contributed by atoms with van der Waals surface area (Å²) in [5, 5.41) is 0.689. The van der Waals surface area contributed by atoms with Crippen LogP contribution in [0.5, 0.6) is 0 Å². The molecule has 0 aromatic carbocycles. The molecular weight excluding hydrogens is 206 g/mol. The van der Waals surface area contributed by atoms with Gasteiger partial charge >= 0.3 is 0 Å². The summed E-state index contributed by atoms with van der Waals surface area (Å²) in [6.07, 6.45) is 0. The summed E-state index contributed by atoms with van der Waals surface area (Å²) in [6.45, 7) is 1.51. The maximum Gasteiger partial charge on any atom is 0.178 e. The Bertz CT molecular complexity index is 273. The molecule has 0 saturated carbocycles. The highest BCUT2D eigenvalue weighted by atomic mass is 79.9. The number of rotatable bonds is 2. The molecule has 1 aromatic heterocycles. The first-order valence-electron chi connectivity index (χ1n) is 3.27. The van der Waals surface area contributed by atoms with Gasteiger partial charge in [-0.05, 0) is 12.1 Å². The van der Waals surface area contributed by atoms with Crippen LogP contribution in [0.2, 0.25) is 0 Å². The number of carbonyl (C=O) groups excluding carboxylic acids is 1. The van der Waals surface area contributed by atoms with Crippen LogP contribution in [0.3, 0.4) is 0 Å². The molecule has 0 N–H and O–H groups in total. The molecule has 0 saturated heterocycles. The standard InChI is InChI=1S/C8H8BrNO/c1-6(11)8-4-2-3-7(5-9)10-8/h2-4H,5H2,1H3. The number of hydrogen-bond donors (Lipinski definition) is 0. The normalized spacial score (nSPS) is 9.64. The van der Waals surface area contributed by atoms with Gasteiger partial charge in [0.2, 0.25) is 0 Å². The monoisotopic (exact) mass is 213 g/mol. The minimum absolute atomic E-state index is 0.00722. The van der Waals surface area contributed by atoms with Crippen molar-refractivity contribution >= 4 is 21.7 Å². The average Bonchev–Trinajstić information content (AvgIpc) is 2.05. The van der Waals surface area contributed by atoms with Crippen molar-refractivity contribution in [2.24, 2.45) is 0 Å². The van der Waals surface area contributed by atoms with Gasteiger partial charge in [0.15, 0.2) is 5.78 Å². The second kappa shape index (κ2) is 3.62. The minimum atomic E-state index is 0.00722. The number of hydrogen-bond acceptors (Lipinski definition) is 2. The van der Waals surface area contributed by atoms with E-state index in [2.05, 4.69) is 20.9 Å². The molecule has 1 rings (SSSR count). The first-order chi connectivity index (χ1) is 5.24. The topological polar surface area (TPSA) is 30.0 Å². The quantitative estimate of drug-likeness (QED) is 0.557. The van der Waals surface area contributed by atoms with Crippen LogP contribution in [0.1, 0.15) is 23.1 Å². The Morgan fingerprint density at radius 3 is 2.91 bits per heavy atom. The van der Waals surface area contributed by atoms with E-state index in [-0.39, 0.29) is 5.78 Å². The Morgan fingerprint density at radius 1 is 1.64 bits per heavy atom. The Balaban J connectivity index is 3.01. The van der Waals surface area contributed by atoms with Gasteiger partial charge in [-0.1, -0.05) is 22.0 Å². The highest BCUT2D eigenvalue weighted by Crippen LogP contribution is 2.03. The van der Waals surface area contributed by atoms with Crippen LogP contribution >= 0.6 is 15.9 Å². The fourth-order valence-electron chi connectivity index (χ4n) is 0.750. The summed E-state index contributed by atoms with van der Waals surface area (Å²) in [5.74, 6) is 0.00722. The fraction of sp³-hybridized carbons (Fsp3) is 0.250. The van der Waals surface area contributed by atoms with E-state index in [0.717, 1.165) is 5.69 Å². The largest absolute Gasteiger partial charge is 0.293 e. The zero-order valence-corrected chi connectivity index (χ0v) is 7.76. The van der Waals surface area contributed by atoms with E-state index >= 15 is 0 Å². The van der Waals surface area contributed by atoms with Gasteiger partial charge in [-0.15, -0.1) is 0 Å². The number of carbonyl (C=O) groups is 1. The molecule has 0 amide bonds. The number of aromatic nitrogens is 1. The Morgan fingerprint density at radius 2 is 2.36 bits per heavy atom. The van der Waals surface area contributed by atoms with Gasteiger partial charge in [-0.25, -0.2) is 4.98 Å². The highest BCUT2D eigenvalue weighted by Gasteiger charge is 1.99. The third kappa shape index (κ3) is 2.12. The lowest BCUT2D eigenvalue weighted by Gasteiger charge is -1.96. The van der Waals surface area contributed by atoms with Gasteiger partial charge in [0.1, 0.15) is 5.69 Å². The van der Waals surface area contributed by atoms with Crippen molar-refractivity contribution in [3.8, 4) is 0 Å². The molecule has 58 valence electrons. The van der Waals surface area contributed by atoms with Gasteiger partial charge in [0, 0.05) is 12.3 Å². The molecule has 11 heavy (non-hydrogen) atoms. The van der Waals surface area contributed by atoms with Crippen molar-refractivity contribution in [1.82, 2.24) is 4.98 Å². The van der Waals surface area contributed by atoms with Crippen molar-refractivity contribution in [2.75, 3.05) is 0 Å². The summed E-state index contributed by atoms with van der Waals surface area (Å²) < 4.78 is 0. The minimum Gasteiger partial charge on any atom is -0.293 e. The van der Waals surface area contributed by atoms with Crippen molar-refractivity contribution < 1.29 is 4.79 Å². The van der Waals surface area contributed by atoms with E-state index in [1.54, 1.807) is 6.07 Å². The summed E-state index contributed by atoms with van der Waals surface area (Å²) >= 11 is 3.27. The van der Waals surface area contributed by atoms with E-state index in [0.29, 0.717) is 11.0 Å². The van der Waals surface area contributed by atoms with Gasteiger partial charge in [-0.3, -0.25) is 4.79 Å². The molecule has 3 heteroatoms. The molecule has 0 radical (unpaired) electrons. The number of alkyl halides is 1. The summed E-state index contributed by atoms with van der Waals surface area (Å²) in [7, 11) is 0. The lowest BCUT2D eigenvalue weighted by Crippen LogP contribution is -1.97. The maximum atomic E-state index is 10.8. The van der Waals surface area contributed by atoms with Crippen LogP contribution in [0.15, 0.2) is 18.2 Å². The van der Waals surface area contributed by atoms with Crippen molar-refractivity contribution in [2.45, 2.75) is 12.3 Å². The molecule has 0 fully saturated rings. The van der Waals surface area contributed by atoms with Crippen molar-refractivity contribution in [3.63, 3.8) is 0 Å². The molecule has 0 spiro atoms. The number of Topliss-reactive ketones (excluding diaryl/α,β-unsaturated/α-hetero) is 1. The second-order valence-electron chi connectivity index (χ2n) is 2.20. The Kier molecular flexibility index (Phi) is 2.76. The van der Waals surface area contributed by atoms with Gasteiger partial charge in [0.05, 0.1) is 5.69 Å².